The second kappa shape index (κ2) is 7.86. The second-order valence-corrected chi connectivity index (χ2v) is 8.62. The topological polar surface area (TPSA) is 123 Å². The highest BCUT2D eigenvalue weighted by Gasteiger charge is 2.55. The average molecular weight is 444 g/mol. The molecular formula is C21H20N2O7S. The normalized spacial score (nSPS) is 25.4. The van der Waals surface area contributed by atoms with E-state index in [0.29, 0.717) is 34.9 Å². The van der Waals surface area contributed by atoms with Gasteiger partial charge in [0.2, 0.25) is 12.7 Å². The highest BCUT2D eigenvalue weighted by atomic mass is 32.1. The molecule has 0 saturated carbocycles. The van der Waals surface area contributed by atoms with E-state index in [1.165, 1.54) is 11.3 Å². The molecule has 10 heteroatoms. The average Bonchev–Trinajstić information content (AvgIpc) is 3.54. The molecule has 2 amide bonds. The first-order valence-electron chi connectivity index (χ1n) is 9.94. The summed E-state index contributed by atoms with van der Waals surface area (Å²) in [4.78, 5) is 37.2. The Labute approximate surface area is 181 Å². The first kappa shape index (κ1) is 19.8. The molecule has 2 saturated heterocycles. The van der Waals surface area contributed by atoms with Crippen LogP contribution in [0.15, 0.2) is 29.6 Å². The van der Waals surface area contributed by atoms with E-state index in [2.05, 4.69) is 10.6 Å². The predicted octanol–water partition coefficient (Wildman–Crippen LogP) is 2.22. The molecule has 31 heavy (non-hydrogen) atoms. The molecule has 0 aliphatic carbocycles. The molecule has 3 N–H and O–H groups in total. The van der Waals surface area contributed by atoms with Crippen molar-refractivity contribution >= 4 is 34.1 Å². The SMILES string of the molecule is O=C(NCc1ccc2c(c1)OCO2)c1ccsc1NC(=O)[C@@H]1[C@@H](C(=O)O)[C@@H]2CC[C@@H]1O2. The number of ether oxygens (including phenoxy) is 3. The number of hydrogen-bond acceptors (Lipinski definition) is 7. The molecule has 4 heterocycles. The third-order valence-corrected chi connectivity index (χ3v) is 6.73. The molecular weight excluding hydrogens is 424 g/mol. The standard InChI is InChI=1S/C21H20N2O7S/c24-18(22-8-10-1-2-12-15(7-10)29-9-28-12)11-5-6-31-20(11)23-19(25)16-13-3-4-14(30-13)17(16)21(26)27/h1-2,5-7,13-14,16-17H,3-4,8-9H2,(H,22,24)(H,23,25)(H,26,27)/t13-,14-,16-,17-/m0/s1. The van der Waals surface area contributed by atoms with Gasteiger partial charge in [-0.25, -0.2) is 0 Å². The van der Waals surface area contributed by atoms with Crippen LogP contribution in [0.3, 0.4) is 0 Å². The summed E-state index contributed by atoms with van der Waals surface area (Å²) >= 11 is 1.22. The lowest BCUT2D eigenvalue weighted by Crippen LogP contribution is -2.41. The van der Waals surface area contributed by atoms with Gasteiger partial charge in [-0.15, -0.1) is 11.3 Å². The summed E-state index contributed by atoms with van der Waals surface area (Å²) in [6.45, 7) is 0.458. The van der Waals surface area contributed by atoms with Gasteiger partial charge in [0.05, 0.1) is 29.6 Å². The molecule has 0 unspecified atom stereocenters. The fourth-order valence-electron chi connectivity index (χ4n) is 4.43. The molecule has 162 valence electrons. The van der Waals surface area contributed by atoms with Crippen molar-refractivity contribution in [1.82, 2.24) is 5.32 Å². The summed E-state index contributed by atoms with van der Waals surface area (Å²) in [6, 6.07) is 7.06. The van der Waals surface area contributed by atoms with Crippen molar-refractivity contribution in [2.45, 2.75) is 31.6 Å². The van der Waals surface area contributed by atoms with Gasteiger partial charge in [-0.3, -0.25) is 14.4 Å². The van der Waals surface area contributed by atoms with Crippen LogP contribution in [-0.4, -0.2) is 41.9 Å². The summed E-state index contributed by atoms with van der Waals surface area (Å²) in [5, 5.41) is 17.2. The van der Waals surface area contributed by atoms with Gasteiger partial charge in [-0.05, 0) is 42.0 Å². The fraction of sp³-hybridized carbons (Fsp3) is 0.381. The van der Waals surface area contributed by atoms with Crippen molar-refractivity contribution in [3.8, 4) is 11.5 Å². The smallest absolute Gasteiger partial charge is 0.310 e. The minimum atomic E-state index is -1.03. The van der Waals surface area contributed by atoms with E-state index < -0.39 is 35.9 Å². The molecule has 4 atom stereocenters. The van der Waals surface area contributed by atoms with Gasteiger partial charge < -0.3 is 30.0 Å². The van der Waals surface area contributed by atoms with Crippen LogP contribution in [0.4, 0.5) is 5.00 Å². The second-order valence-electron chi connectivity index (χ2n) is 7.70. The summed E-state index contributed by atoms with van der Waals surface area (Å²) in [5.74, 6) is -2.11. The number of anilines is 1. The molecule has 2 aromatic rings. The summed E-state index contributed by atoms with van der Waals surface area (Å²) in [6.07, 6.45) is 0.498. The maximum absolute atomic E-state index is 12.9. The summed E-state index contributed by atoms with van der Waals surface area (Å²) < 4.78 is 16.3. The lowest BCUT2D eigenvalue weighted by Gasteiger charge is -2.23. The predicted molar refractivity (Wildman–Crippen MR) is 109 cm³/mol. The number of rotatable bonds is 6. The largest absolute Gasteiger partial charge is 0.481 e. The van der Waals surface area contributed by atoms with Crippen molar-refractivity contribution in [3.05, 3.63) is 40.8 Å². The number of carbonyl (C=O) groups is 3. The van der Waals surface area contributed by atoms with Crippen molar-refractivity contribution in [2.24, 2.45) is 11.8 Å². The summed E-state index contributed by atoms with van der Waals surface area (Å²) in [7, 11) is 0. The Morgan fingerprint density at radius 3 is 2.65 bits per heavy atom. The van der Waals surface area contributed by atoms with Gasteiger partial charge in [0.15, 0.2) is 11.5 Å². The van der Waals surface area contributed by atoms with Gasteiger partial charge in [0.1, 0.15) is 5.00 Å². The number of carboxylic acids is 1. The van der Waals surface area contributed by atoms with Gasteiger partial charge >= 0.3 is 5.97 Å². The Kier molecular flexibility index (Phi) is 5.03. The lowest BCUT2D eigenvalue weighted by atomic mass is 9.79. The molecule has 2 bridgehead atoms. The number of nitrogens with one attached hydrogen (secondary N) is 2. The Morgan fingerprint density at radius 2 is 1.84 bits per heavy atom. The first-order chi connectivity index (χ1) is 15.0. The zero-order valence-electron chi connectivity index (χ0n) is 16.3. The van der Waals surface area contributed by atoms with E-state index in [1.807, 2.05) is 6.07 Å². The van der Waals surface area contributed by atoms with Crippen LogP contribution in [0.25, 0.3) is 0 Å². The number of benzene rings is 1. The monoisotopic (exact) mass is 444 g/mol. The number of aliphatic carboxylic acids is 1. The Balaban J connectivity index is 1.24. The molecule has 3 aliphatic heterocycles. The van der Waals surface area contributed by atoms with Crippen LogP contribution in [0.5, 0.6) is 11.5 Å². The zero-order chi connectivity index (χ0) is 21.5. The third-order valence-electron chi connectivity index (χ3n) is 5.90. The molecule has 0 spiro atoms. The lowest BCUT2D eigenvalue weighted by molar-refractivity contribution is -0.147. The minimum Gasteiger partial charge on any atom is -0.481 e. The summed E-state index contributed by atoms with van der Waals surface area (Å²) in [5.41, 5.74) is 1.18. The van der Waals surface area contributed by atoms with Crippen molar-refractivity contribution in [2.75, 3.05) is 12.1 Å². The van der Waals surface area contributed by atoms with Crippen LogP contribution in [0, 0.1) is 11.8 Å². The Hall–Kier alpha value is -3.11. The van der Waals surface area contributed by atoms with E-state index in [4.69, 9.17) is 14.2 Å². The third kappa shape index (κ3) is 3.61. The zero-order valence-corrected chi connectivity index (χ0v) is 17.1. The molecule has 1 aromatic carbocycles. The van der Waals surface area contributed by atoms with Crippen LogP contribution < -0.4 is 20.1 Å². The number of fused-ring (bicyclic) bond motifs is 3. The highest BCUT2D eigenvalue weighted by molar-refractivity contribution is 7.14. The van der Waals surface area contributed by atoms with Crippen molar-refractivity contribution < 1.29 is 33.7 Å². The first-order valence-corrected chi connectivity index (χ1v) is 10.8. The van der Waals surface area contributed by atoms with Gasteiger partial charge in [-0.1, -0.05) is 6.07 Å². The van der Waals surface area contributed by atoms with Gasteiger partial charge in [-0.2, -0.15) is 0 Å². The van der Waals surface area contributed by atoms with Crippen LogP contribution in [0.2, 0.25) is 0 Å². The minimum absolute atomic E-state index is 0.180. The van der Waals surface area contributed by atoms with Crippen LogP contribution in [0.1, 0.15) is 28.8 Å². The van der Waals surface area contributed by atoms with E-state index in [9.17, 15) is 19.5 Å². The molecule has 5 rings (SSSR count). The maximum Gasteiger partial charge on any atom is 0.310 e. The fourth-order valence-corrected chi connectivity index (χ4v) is 5.22. The molecule has 2 fully saturated rings. The van der Waals surface area contributed by atoms with Crippen molar-refractivity contribution in [1.29, 1.82) is 0 Å². The van der Waals surface area contributed by atoms with Gasteiger partial charge in [0, 0.05) is 6.54 Å². The van der Waals surface area contributed by atoms with Gasteiger partial charge in [0.25, 0.3) is 5.91 Å². The van der Waals surface area contributed by atoms with E-state index in [1.54, 1.807) is 23.6 Å². The number of carbonyl (C=O) groups excluding carboxylic acids is 2. The van der Waals surface area contributed by atoms with E-state index in [0.717, 1.165) is 5.56 Å². The molecule has 9 nitrogen and oxygen atoms in total. The molecule has 0 radical (unpaired) electrons. The van der Waals surface area contributed by atoms with Crippen LogP contribution >= 0.6 is 11.3 Å². The van der Waals surface area contributed by atoms with Crippen molar-refractivity contribution in [3.63, 3.8) is 0 Å². The van der Waals surface area contributed by atoms with Crippen LogP contribution in [-0.2, 0) is 20.9 Å². The molecule has 3 aliphatic rings. The maximum atomic E-state index is 12.9. The number of carboxylic acid groups (broad SMARTS) is 1. The number of amides is 2. The number of thiophene rings is 1. The van der Waals surface area contributed by atoms with E-state index >= 15 is 0 Å². The Bertz CT molecular complexity index is 1050. The quantitative estimate of drug-likeness (QED) is 0.624. The highest BCUT2D eigenvalue weighted by Crippen LogP contribution is 2.44. The van der Waals surface area contributed by atoms with E-state index in [-0.39, 0.29) is 19.2 Å². The molecule has 1 aromatic heterocycles. The number of hydrogen-bond donors (Lipinski definition) is 3. The Morgan fingerprint density at radius 1 is 1.06 bits per heavy atom.